The molecule has 0 saturated heterocycles. The van der Waals surface area contributed by atoms with Crippen LogP contribution < -0.4 is 4.90 Å². The number of hydrogen-bond donors (Lipinski definition) is 1. The lowest BCUT2D eigenvalue weighted by Crippen LogP contribution is -2.37. The van der Waals surface area contributed by atoms with Crippen LogP contribution in [0.5, 0.6) is 0 Å². The van der Waals surface area contributed by atoms with Gasteiger partial charge >= 0.3 is 0 Å². The van der Waals surface area contributed by atoms with E-state index in [1.807, 2.05) is 12.5 Å². The Labute approximate surface area is 190 Å². The maximum absolute atomic E-state index is 4.92. The van der Waals surface area contributed by atoms with Crippen molar-refractivity contribution in [1.29, 1.82) is 0 Å². The van der Waals surface area contributed by atoms with Crippen LogP contribution in [0.25, 0.3) is 0 Å². The van der Waals surface area contributed by atoms with E-state index >= 15 is 0 Å². The summed E-state index contributed by atoms with van der Waals surface area (Å²) in [6, 6.07) is 16.4. The molecule has 164 valence electrons. The van der Waals surface area contributed by atoms with Crippen LogP contribution in [0.15, 0.2) is 60.0 Å². The van der Waals surface area contributed by atoms with Crippen molar-refractivity contribution >= 4 is 11.5 Å². The molecule has 0 spiro atoms. The number of nitrogens with zero attached hydrogens (tertiary/aromatic N) is 4. The van der Waals surface area contributed by atoms with Crippen LogP contribution in [0, 0.1) is 0 Å². The van der Waals surface area contributed by atoms with E-state index in [2.05, 4.69) is 76.1 Å². The summed E-state index contributed by atoms with van der Waals surface area (Å²) in [7, 11) is 0. The van der Waals surface area contributed by atoms with Crippen molar-refractivity contribution in [2.75, 3.05) is 24.5 Å². The molecule has 2 aliphatic heterocycles. The Balaban J connectivity index is 1.22. The summed E-state index contributed by atoms with van der Waals surface area (Å²) in [5.74, 6) is 1.21. The zero-order chi connectivity index (χ0) is 21.7. The van der Waals surface area contributed by atoms with E-state index in [-0.39, 0.29) is 5.41 Å². The molecule has 1 N–H and O–H groups in total. The second-order valence-corrected chi connectivity index (χ2v) is 9.64. The highest BCUT2D eigenvalue weighted by Gasteiger charge is 2.39. The van der Waals surface area contributed by atoms with Gasteiger partial charge in [-0.25, -0.2) is 4.98 Å². The number of imidazole rings is 1. The van der Waals surface area contributed by atoms with Gasteiger partial charge in [0.25, 0.3) is 0 Å². The van der Waals surface area contributed by atoms with E-state index in [4.69, 9.17) is 4.99 Å². The Kier molecular flexibility index (Phi) is 4.68. The second kappa shape index (κ2) is 7.59. The van der Waals surface area contributed by atoms with E-state index < -0.39 is 0 Å². The van der Waals surface area contributed by atoms with E-state index in [1.165, 1.54) is 39.5 Å². The molecule has 0 fully saturated rings. The molecule has 2 atom stereocenters. The standard InChI is InChI=1S/C27H31N5/c1-3-27(25-15-28-18-30-25)13-20-8-9-23(12-22(20)14-27)32-11-10-29-26(32)17-31-16-21-6-4-5-7-24(21)19(31)2/h4-9,12,15,18-19H,3,10-11,13-14,16-17H2,1-2H3,(H,28,30). The first-order chi connectivity index (χ1) is 15.7. The third kappa shape index (κ3) is 3.10. The molecular weight excluding hydrogens is 394 g/mol. The molecule has 1 aliphatic carbocycles. The van der Waals surface area contributed by atoms with Gasteiger partial charge in [0.1, 0.15) is 5.84 Å². The number of rotatable bonds is 5. The zero-order valence-electron chi connectivity index (χ0n) is 19.0. The molecule has 0 amide bonds. The molecule has 0 radical (unpaired) electrons. The highest BCUT2D eigenvalue weighted by molar-refractivity contribution is 6.01. The first-order valence-corrected chi connectivity index (χ1v) is 11.9. The van der Waals surface area contributed by atoms with Crippen molar-refractivity contribution in [2.45, 2.75) is 51.1 Å². The molecule has 3 heterocycles. The number of hydrogen-bond acceptors (Lipinski definition) is 4. The van der Waals surface area contributed by atoms with Crippen LogP contribution in [0.2, 0.25) is 0 Å². The number of H-pyrrole nitrogens is 1. The predicted octanol–water partition coefficient (Wildman–Crippen LogP) is 4.65. The number of benzene rings is 2. The third-order valence-corrected chi connectivity index (χ3v) is 8.01. The average Bonchev–Trinajstić information content (AvgIpc) is 3.60. The third-order valence-electron chi connectivity index (χ3n) is 8.01. The summed E-state index contributed by atoms with van der Waals surface area (Å²) in [4.78, 5) is 17.6. The fourth-order valence-electron chi connectivity index (χ4n) is 6.01. The Morgan fingerprint density at radius 3 is 2.78 bits per heavy atom. The average molecular weight is 426 g/mol. The van der Waals surface area contributed by atoms with Crippen molar-refractivity contribution in [1.82, 2.24) is 14.9 Å². The smallest absolute Gasteiger partial charge is 0.118 e. The lowest BCUT2D eigenvalue weighted by atomic mass is 9.79. The SMILES string of the molecule is CCC1(c2cnc[nH]2)Cc2ccc(N3CCN=C3CN3Cc4ccccc4C3C)cc2C1. The number of anilines is 1. The second-order valence-electron chi connectivity index (χ2n) is 9.64. The van der Waals surface area contributed by atoms with E-state index in [1.54, 1.807) is 0 Å². The fraction of sp³-hybridized carbons (Fsp3) is 0.407. The molecule has 3 aromatic rings. The number of aromatic nitrogens is 2. The molecule has 5 nitrogen and oxygen atoms in total. The molecule has 0 saturated carbocycles. The molecule has 32 heavy (non-hydrogen) atoms. The van der Waals surface area contributed by atoms with Gasteiger partial charge in [-0.05, 0) is 60.6 Å². The lowest BCUT2D eigenvalue weighted by molar-refractivity contribution is 0.263. The molecule has 3 aliphatic rings. The predicted molar refractivity (Wildman–Crippen MR) is 129 cm³/mol. The molecule has 5 heteroatoms. The molecule has 2 aromatic carbocycles. The van der Waals surface area contributed by atoms with Crippen LogP contribution in [-0.2, 0) is 24.8 Å². The Morgan fingerprint density at radius 2 is 1.97 bits per heavy atom. The summed E-state index contributed by atoms with van der Waals surface area (Å²) in [5, 5.41) is 0. The summed E-state index contributed by atoms with van der Waals surface area (Å²) < 4.78 is 0. The molecule has 0 bridgehead atoms. The van der Waals surface area contributed by atoms with Crippen LogP contribution in [0.1, 0.15) is 54.3 Å². The molecule has 1 aromatic heterocycles. The van der Waals surface area contributed by atoms with Crippen molar-refractivity contribution in [3.63, 3.8) is 0 Å². The summed E-state index contributed by atoms with van der Waals surface area (Å²) in [6.07, 6.45) is 7.10. The highest BCUT2D eigenvalue weighted by Crippen LogP contribution is 2.43. The number of amidine groups is 1. The maximum Gasteiger partial charge on any atom is 0.118 e. The van der Waals surface area contributed by atoms with Gasteiger partial charge < -0.3 is 9.88 Å². The molecule has 2 unspecified atom stereocenters. The van der Waals surface area contributed by atoms with Crippen molar-refractivity contribution in [2.24, 2.45) is 4.99 Å². The minimum Gasteiger partial charge on any atom is -0.348 e. The fourth-order valence-corrected chi connectivity index (χ4v) is 6.01. The van der Waals surface area contributed by atoms with Gasteiger partial charge in [-0.3, -0.25) is 9.89 Å². The van der Waals surface area contributed by atoms with Gasteiger partial charge in [-0.1, -0.05) is 37.3 Å². The van der Waals surface area contributed by atoms with Gasteiger partial charge in [0.15, 0.2) is 0 Å². The van der Waals surface area contributed by atoms with E-state index in [0.717, 1.165) is 45.4 Å². The number of nitrogens with one attached hydrogen (secondary N) is 1. The monoisotopic (exact) mass is 425 g/mol. The van der Waals surface area contributed by atoms with Gasteiger partial charge in [0.2, 0.25) is 0 Å². The van der Waals surface area contributed by atoms with Gasteiger partial charge in [0.05, 0.1) is 19.4 Å². The van der Waals surface area contributed by atoms with Crippen molar-refractivity contribution < 1.29 is 0 Å². The van der Waals surface area contributed by atoms with Crippen molar-refractivity contribution in [3.05, 3.63) is 82.9 Å². The number of aliphatic imine (C=N–C) groups is 1. The van der Waals surface area contributed by atoms with E-state index in [9.17, 15) is 0 Å². The first kappa shape index (κ1) is 19.7. The summed E-state index contributed by atoms with van der Waals surface area (Å²) >= 11 is 0. The van der Waals surface area contributed by atoms with Crippen LogP contribution in [-0.4, -0.2) is 40.3 Å². The zero-order valence-corrected chi connectivity index (χ0v) is 19.0. The largest absolute Gasteiger partial charge is 0.348 e. The van der Waals surface area contributed by atoms with Crippen LogP contribution in [0.3, 0.4) is 0 Å². The minimum atomic E-state index is 0.149. The first-order valence-electron chi connectivity index (χ1n) is 11.9. The van der Waals surface area contributed by atoms with Crippen molar-refractivity contribution in [3.8, 4) is 0 Å². The Morgan fingerprint density at radius 1 is 1.09 bits per heavy atom. The summed E-state index contributed by atoms with van der Waals surface area (Å²) in [5.41, 5.74) is 8.58. The Bertz CT molecular complexity index is 1160. The van der Waals surface area contributed by atoms with Gasteiger partial charge in [-0.15, -0.1) is 0 Å². The molecule has 6 rings (SSSR count). The quantitative estimate of drug-likeness (QED) is 0.647. The van der Waals surface area contributed by atoms with Crippen LogP contribution >= 0.6 is 0 Å². The minimum absolute atomic E-state index is 0.149. The summed E-state index contributed by atoms with van der Waals surface area (Å²) in [6.45, 7) is 8.39. The number of aromatic amines is 1. The lowest BCUT2D eigenvalue weighted by Gasteiger charge is -2.27. The number of fused-ring (bicyclic) bond motifs is 2. The normalized spacial score (nSPS) is 24.6. The highest BCUT2D eigenvalue weighted by atomic mass is 15.3. The van der Waals surface area contributed by atoms with Gasteiger partial charge in [0, 0.05) is 42.1 Å². The van der Waals surface area contributed by atoms with Gasteiger partial charge in [-0.2, -0.15) is 0 Å². The maximum atomic E-state index is 4.92. The molecular formula is C27H31N5. The topological polar surface area (TPSA) is 47.5 Å². The van der Waals surface area contributed by atoms with Crippen LogP contribution in [0.4, 0.5) is 5.69 Å². The van der Waals surface area contributed by atoms with E-state index in [0.29, 0.717) is 6.04 Å². The Hall–Kier alpha value is -2.92.